The summed E-state index contributed by atoms with van der Waals surface area (Å²) in [6, 6.07) is 0. The largest absolute Gasteiger partial charge is 0.507 e. The van der Waals surface area contributed by atoms with E-state index in [-0.39, 0.29) is 10.6 Å². The normalized spacial score (nSPS) is 18.5. The van der Waals surface area contributed by atoms with E-state index < -0.39 is 5.60 Å². The number of ether oxygens (including phenoxy) is 1. The van der Waals surface area contributed by atoms with Crippen molar-refractivity contribution in [3.63, 3.8) is 0 Å². The van der Waals surface area contributed by atoms with Gasteiger partial charge in [0.1, 0.15) is 17.1 Å². The summed E-state index contributed by atoms with van der Waals surface area (Å²) >= 11 is 0. The zero-order valence-electron chi connectivity index (χ0n) is 20.2. The van der Waals surface area contributed by atoms with Crippen molar-refractivity contribution < 1.29 is 14.8 Å². The lowest BCUT2D eigenvalue weighted by atomic mass is 9.85. The van der Waals surface area contributed by atoms with Gasteiger partial charge in [0.05, 0.1) is 11.3 Å². The number of nitro groups is 1. The van der Waals surface area contributed by atoms with Crippen LogP contribution in [-0.4, -0.2) is 15.6 Å². The molecule has 1 heterocycles. The van der Waals surface area contributed by atoms with E-state index in [2.05, 4.69) is 6.92 Å². The van der Waals surface area contributed by atoms with Gasteiger partial charge in [-0.15, -0.1) is 0 Å². The zero-order chi connectivity index (χ0) is 23.0. The first-order valence-electron chi connectivity index (χ1n) is 12.0. The van der Waals surface area contributed by atoms with Gasteiger partial charge in [-0.1, -0.05) is 51.9 Å². The van der Waals surface area contributed by atoms with Gasteiger partial charge in [0.15, 0.2) is 0 Å². The number of benzene rings is 1. The van der Waals surface area contributed by atoms with Crippen molar-refractivity contribution in [2.45, 2.75) is 117 Å². The molecule has 5 nitrogen and oxygen atoms in total. The first kappa shape index (κ1) is 25.2. The predicted octanol–water partition coefficient (Wildman–Crippen LogP) is 7.48. The molecule has 31 heavy (non-hydrogen) atoms. The molecule has 0 bridgehead atoms. The minimum atomic E-state index is -0.605. The molecule has 1 unspecified atom stereocenters. The van der Waals surface area contributed by atoms with Gasteiger partial charge < -0.3 is 9.84 Å². The number of phenolic OH excluding ortho intramolecular Hbond substituents is 1. The van der Waals surface area contributed by atoms with Crippen LogP contribution in [0, 0.1) is 30.9 Å². The Morgan fingerprint density at radius 2 is 1.68 bits per heavy atom. The van der Waals surface area contributed by atoms with Crippen LogP contribution >= 0.6 is 0 Å². The van der Waals surface area contributed by atoms with Crippen LogP contribution in [0.1, 0.15) is 107 Å². The highest BCUT2D eigenvalue weighted by Gasteiger charge is 2.37. The molecule has 1 aromatic rings. The van der Waals surface area contributed by atoms with Crippen molar-refractivity contribution in [1.82, 2.24) is 0 Å². The van der Waals surface area contributed by atoms with Crippen molar-refractivity contribution >= 4 is 0 Å². The topological polar surface area (TPSA) is 72.6 Å². The quantitative estimate of drug-likeness (QED) is 0.211. The molecular formula is C26H41NO4. The standard InChI is InChI=1S/C26H41NO4/c1-6-7-8-9-10-11-12-13-14-15-22(27(29)30)18-26(5)17-16-23-21(4)24(28)19(2)20(3)25(23)31-26/h15,28H,6-14,16-18H2,1-5H3. The number of phenols is 1. The molecule has 0 radical (unpaired) electrons. The fraction of sp³-hybridized carbons (Fsp3) is 0.692. The molecule has 1 aromatic carbocycles. The van der Waals surface area contributed by atoms with Crippen LogP contribution in [0.5, 0.6) is 11.5 Å². The third kappa shape index (κ3) is 6.72. The number of allylic oxidation sites excluding steroid dienone is 1. The van der Waals surface area contributed by atoms with Crippen LogP contribution < -0.4 is 4.74 Å². The second-order valence-corrected chi connectivity index (χ2v) is 9.48. The maximum atomic E-state index is 11.7. The molecule has 0 amide bonds. The molecule has 0 saturated carbocycles. The van der Waals surface area contributed by atoms with E-state index in [0.717, 1.165) is 53.7 Å². The molecule has 2 rings (SSSR count). The van der Waals surface area contributed by atoms with Gasteiger partial charge in [0.25, 0.3) is 0 Å². The Kier molecular flexibility index (Phi) is 9.39. The monoisotopic (exact) mass is 431 g/mol. The highest BCUT2D eigenvalue weighted by atomic mass is 16.6. The Bertz CT molecular complexity index is 799. The van der Waals surface area contributed by atoms with E-state index >= 15 is 0 Å². The summed E-state index contributed by atoms with van der Waals surface area (Å²) in [5.41, 5.74) is 3.29. The molecule has 1 atom stereocenters. The average molecular weight is 432 g/mol. The lowest BCUT2D eigenvalue weighted by Gasteiger charge is -2.37. The summed E-state index contributed by atoms with van der Waals surface area (Å²) in [5.74, 6) is 1.13. The number of nitrogens with zero attached hydrogens (tertiary/aromatic N) is 1. The molecule has 0 saturated heterocycles. The first-order chi connectivity index (χ1) is 14.7. The van der Waals surface area contributed by atoms with Gasteiger partial charge in [0.2, 0.25) is 5.70 Å². The summed E-state index contributed by atoms with van der Waals surface area (Å²) < 4.78 is 6.38. The zero-order valence-corrected chi connectivity index (χ0v) is 20.2. The first-order valence-corrected chi connectivity index (χ1v) is 12.0. The Labute approximate surface area is 188 Å². The minimum Gasteiger partial charge on any atom is -0.507 e. The molecule has 0 aliphatic carbocycles. The maximum absolute atomic E-state index is 11.7. The van der Waals surface area contributed by atoms with Crippen LogP contribution in [0.4, 0.5) is 0 Å². The molecule has 1 aliphatic rings. The Balaban J connectivity index is 1.96. The SMILES string of the molecule is CCCCCCCCCCC=C(CC1(C)CCc2c(C)c(O)c(C)c(C)c2O1)[N+](=O)[O-]. The van der Waals surface area contributed by atoms with Crippen LogP contribution in [0.2, 0.25) is 0 Å². The highest BCUT2D eigenvalue weighted by molar-refractivity contribution is 5.58. The summed E-state index contributed by atoms with van der Waals surface area (Å²) in [6.07, 6.45) is 14.2. The molecule has 1 aliphatic heterocycles. The van der Waals surface area contributed by atoms with Gasteiger partial charge in [-0.05, 0) is 76.1 Å². The maximum Gasteiger partial charge on any atom is 0.246 e. The molecular weight excluding hydrogens is 390 g/mol. The number of fused-ring (bicyclic) bond motifs is 1. The van der Waals surface area contributed by atoms with Crippen LogP contribution in [0.3, 0.4) is 0 Å². The molecule has 0 spiro atoms. The number of hydrogen-bond donors (Lipinski definition) is 1. The Morgan fingerprint density at radius 1 is 1.06 bits per heavy atom. The predicted molar refractivity (Wildman–Crippen MR) is 127 cm³/mol. The summed E-state index contributed by atoms with van der Waals surface area (Å²) in [5, 5.41) is 22.0. The molecule has 0 fully saturated rings. The van der Waals surface area contributed by atoms with Crippen molar-refractivity contribution in [2.75, 3.05) is 0 Å². The van der Waals surface area contributed by atoms with Crippen molar-refractivity contribution in [1.29, 1.82) is 0 Å². The lowest BCUT2D eigenvalue weighted by Crippen LogP contribution is -2.38. The van der Waals surface area contributed by atoms with E-state index in [1.807, 2.05) is 27.7 Å². The van der Waals surface area contributed by atoms with Crippen LogP contribution in [0.25, 0.3) is 0 Å². The van der Waals surface area contributed by atoms with Gasteiger partial charge in [0, 0.05) is 5.56 Å². The summed E-state index contributed by atoms with van der Waals surface area (Å²) in [7, 11) is 0. The second kappa shape index (κ2) is 11.5. The van der Waals surface area contributed by atoms with Gasteiger partial charge in [-0.3, -0.25) is 10.1 Å². The molecule has 5 heteroatoms. The van der Waals surface area contributed by atoms with Crippen molar-refractivity contribution in [2.24, 2.45) is 0 Å². The number of rotatable bonds is 12. The summed E-state index contributed by atoms with van der Waals surface area (Å²) in [6.45, 7) is 9.95. The van der Waals surface area contributed by atoms with Crippen LogP contribution in [0.15, 0.2) is 11.8 Å². The fourth-order valence-corrected chi connectivity index (χ4v) is 4.56. The van der Waals surface area contributed by atoms with E-state index in [4.69, 9.17) is 4.74 Å². The second-order valence-electron chi connectivity index (χ2n) is 9.48. The third-order valence-corrected chi connectivity index (χ3v) is 6.82. The number of aromatic hydroxyl groups is 1. The van der Waals surface area contributed by atoms with Gasteiger partial charge >= 0.3 is 0 Å². The smallest absolute Gasteiger partial charge is 0.246 e. The van der Waals surface area contributed by atoms with Crippen molar-refractivity contribution in [3.05, 3.63) is 44.1 Å². The minimum absolute atomic E-state index is 0.241. The van der Waals surface area contributed by atoms with E-state index in [0.29, 0.717) is 18.6 Å². The van der Waals surface area contributed by atoms with Gasteiger partial charge in [-0.25, -0.2) is 0 Å². The average Bonchev–Trinajstić information content (AvgIpc) is 2.74. The third-order valence-electron chi connectivity index (χ3n) is 6.82. The van der Waals surface area contributed by atoms with Crippen molar-refractivity contribution in [3.8, 4) is 11.5 Å². The Morgan fingerprint density at radius 3 is 2.29 bits per heavy atom. The fourth-order valence-electron chi connectivity index (χ4n) is 4.56. The molecule has 1 N–H and O–H groups in total. The highest BCUT2D eigenvalue weighted by Crippen LogP contribution is 2.44. The van der Waals surface area contributed by atoms with E-state index in [9.17, 15) is 15.2 Å². The van der Waals surface area contributed by atoms with Crippen LogP contribution in [-0.2, 0) is 6.42 Å². The lowest BCUT2D eigenvalue weighted by molar-refractivity contribution is -0.430. The van der Waals surface area contributed by atoms with Gasteiger partial charge in [-0.2, -0.15) is 0 Å². The van der Waals surface area contributed by atoms with E-state index in [1.165, 1.54) is 38.5 Å². The number of hydrogen-bond acceptors (Lipinski definition) is 4. The number of unbranched alkanes of at least 4 members (excludes halogenated alkanes) is 8. The molecule has 174 valence electrons. The summed E-state index contributed by atoms with van der Waals surface area (Å²) in [4.78, 5) is 11.5. The van der Waals surface area contributed by atoms with E-state index in [1.54, 1.807) is 6.08 Å². The molecule has 0 aromatic heterocycles. The Hall–Kier alpha value is -2.04.